The lowest BCUT2D eigenvalue weighted by Crippen LogP contribution is -2.57. The average molecular weight is 361 g/mol. The first-order valence-corrected chi connectivity index (χ1v) is 8.93. The van der Waals surface area contributed by atoms with Gasteiger partial charge in [0.05, 0.1) is 6.04 Å². The summed E-state index contributed by atoms with van der Waals surface area (Å²) in [6, 6.07) is 8.27. The third-order valence-corrected chi connectivity index (χ3v) is 5.19. The van der Waals surface area contributed by atoms with Gasteiger partial charge in [0.15, 0.2) is 0 Å². The Hall–Kier alpha value is -2.64. The molecule has 1 aromatic carbocycles. The van der Waals surface area contributed by atoms with Crippen molar-refractivity contribution in [3.05, 3.63) is 46.0 Å². The maximum absolute atomic E-state index is 12.2. The van der Waals surface area contributed by atoms with Gasteiger partial charge in [0.2, 0.25) is 11.9 Å². The number of amides is 2. The number of rotatable bonds is 4. The van der Waals surface area contributed by atoms with Crippen LogP contribution in [-0.2, 0) is 16.1 Å². The van der Waals surface area contributed by atoms with Crippen molar-refractivity contribution in [1.82, 2.24) is 10.2 Å². The van der Waals surface area contributed by atoms with Crippen LogP contribution in [-0.4, -0.2) is 47.0 Å². The van der Waals surface area contributed by atoms with Gasteiger partial charge in [-0.05, 0) is 24.3 Å². The average Bonchev–Trinajstić information content (AvgIpc) is 2.66. The fourth-order valence-electron chi connectivity index (χ4n) is 3.73. The van der Waals surface area contributed by atoms with E-state index in [1.54, 1.807) is 4.90 Å². The summed E-state index contributed by atoms with van der Waals surface area (Å²) in [4.78, 5) is 36.5. The zero-order valence-corrected chi connectivity index (χ0v) is 14.5. The van der Waals surface area contributed by atoms with Gasteiger partial charge in [-0.2, -0.15) is 0 Å². The van der Waals surface area contributed by atoms with Crippen molar-refractivity contribution >= 4 is 12.0 Å². The van der Waals surface area contributed by atoms with E-state index in [1.165, 1.54) is 0 Å². The van der Waals surface area contributed by atoms with Crippen molar-refractivity contribution in [3.8, 4) is 0 Å². The van der Waals surface area contributed by atoms with Crippen LogP contribution in [0.3, 0.4) is 0 Å². The van der Waals surface area contributed by atoms with Gasteiger partial charge in [-0.25, -0.2) is 4.79 Å². The number of carbonyl (C=O) groups excluding carboxylic acids is 2. The Morgan fingerprint density at radius 2 is 1.92 bits per heavy atom. The second-order valence-electron chi connectivity index (χ2n) is 6.85. The number of nitrogens with zero attached hydrogens (tertiary/aromatic N) is 2. The van der Waals surface area contributed by atoms with E-state index in [-0.39, 0.29) is 42.3 Å². The van der Waals surface area contributed by atoms with Crippen molar-refractivity contribution in [2.45, 2.75) is 44.4 Å². The quantitative estimate of drug-likeness (QED) is 0.652. The summed E-state index contributed by atoms with van der Waals surface area (Å²) in [6.07, 6.45) is 1.35. The normalized spacial score (nSPS) is 24.0. The summed E-state index contributed by atoms with van der Waals surface area (Å²) in [7, 11) is 0. The summed E-state index contributed by atoms with van der Waals surface area (Å²) in [5.74, 6) is -0.120. The maximum atomic E-state index is 12.2. The monoisotopic (exact) mass is 361 g/mol. The topological polar surface area (TPSA) is 102 Å². The number of piperidine rings is 2. The van der Waals surface area contributed by atoms with Crippen molar-refractivity contribution in [3.63, 3.8) is 0 Å². The van der Waals surface area contributed by atoms with Gasteiger partial charge in [-0.15, -0.1) is 0 Å². The van der Waals surface area contributed by atoms with E-state index >= 15 is 0 Å². The molecular formula is C18H23N3O5. The van der Waals surface area contributed by atoms with Crippen LogP contribution in [0.1, 0.15) is 31.2 Å². The molecule has 2 fully saturated rings. The van der Waals surface area contributed by atoms with Crippen LogP contribution in [0.4, 0.5) is 4.79 Å². The predicted octanol–water partition coefficient (Wildman–Crippen LogP) is 1.96. The summed E-state index contributed by atoms with van der Waals surface area (Å²) in [6.45, 7) is 1.19. The van der Waals surface area contributed by atoms with Gasteiger partial charge in [0.1, 0.15) is 6.61 Å². The SMILES string of the molecule is O=C1CC[C@H]([N+](=O)[O-])[C@H](C2CCN(C(=O)OCc3ccccc3)CC2)N1. The molecule has 0 radical (unpaired) electrons. The fraction of sp³-hybridized carbons (Fsp3) is 0.556. The molecule has 2 atom stereocenters. The van der Waals surface area contributed by atoms with Crippen LogP contribution in [0.2, 0.25) is 0 Å². The molecule has 8 heteroatoms. The predicted molar refractivity (Wildman–Crippen MR) is 92.9 cm³/mol. The second kappa shape index (κ2) is 8.16. The Balaban J connectivity index is 1.50. The number of hydrogen-bond acceptors (Lipinski definition) is 5. The highest BCUT2D eigenvalue weighted by Gasteiger charge is 2.43. The Morgan fingerprint density at radius 1 is 1.23 bits per heavy atom. The van der Waals surface area contributed by atoms with Crippen molar-refractivity contribution in [2.75, 3.05) is 13.1 Å². The molecule has 2 amide bonds. The molecule has 3 rings (SSSR count). The summed E-state index contributed by atoms with van der Waals surface area (Å²) in [5.41, 5.74) is 0.925. The highest BCUT2D eigenvalue weighted by atomic mass is 16.6. The number of ether oxygens (including phenoxy) is 1. The lowest BCUT2D eigenvalue weighted by Gasteiger charge is -2.38. The first-order chi connectivity index (χ1) is 12.5. The van der Waals surface area contributed by atoms with E-state index in [0.29, 0.717) is 25.9 Å². The number of benzene rings is 1. The molecule has 2 aliphatic heterocycles. The molecule has 8 nitrogen and oxygen atoms in total. The minimum absolute atomic E-state index is 0.00724. The highest BCUT2D eigenvalue weighted by Crippen LogP contribution is 2.27. The number of carbonyl (C=O) groups is 2. The minimum atomic E-state index is -0.741. The lowest BCUT2D eigenvalue weighted by atomic mass is 9.82. The van der Waals surface area contributed by atoms with E-state index in [9.17, 15) is 19.7 Å². The van der Waals surface area contributed by atoms with E-state index in [0.717, 1.165) is 5.56 Å². The molecule has 0 bridgehead atoms. The van der Waals surface area contributed by atoms with Crippen LogP contribution in [0, 0.1) is 16.0 Å². The Morgan fingerprint density at radius 3 is 2.58 bits per heavy atom. The zero-order chi connectivity index (χ0) is 18.5. The van der Waals surface area contributed by atoms with Gasteiger partial charge in [0.25, 0.3) is 0 Å². The van der Waals surface area contributed by atoms with Crippen LogP contribution in [0.25, 0.3) is 0 Å². The van der Waals surface area contributed by atoms with Gasteiger partial charge in [0, 0.05) is 30.9 Å². The van der Waals surface area contributed by atoms with Gasteiger partial charge < -0.3 is 15.0 Å². The Kier molecular flexibility index (Phi) is 5.70. The molecule has 0 spiro atoms. The first kappa shape index (κ1) is 18.2. The maximum Gasteiger partial charge on any atom is 0.410 e. The van der Waals surface area contributed by atoms with Gasteiger partial charge in [-0.3, -0.25) is 14.9 Å². The number of nitrogens with one attached hydrogen (secondary N) is 1. The number of nitro groups is 1. The van der Waals surface area contributed by atoms with Crippen LogP contribution in [0.5, 0.6) is 0 Å². The number of hydrogen-bond donors (Lipinski definition) is 1. The van der Waals surface area contributed by atoms with Crippen molar-refractivity contribution in [2.24, 2.45) is 5.92 Å². The minimum Gasteiger partial charge on any atom is -0.445 e. The zero-order valence-electron chi connectivity index (χ0n) is 14.5. The largest absolute Gasteiger partial charge is 0.445 e. The van der Waals surface area contributed by atoms with Gasteiger partial charge in [-0.1, -0.05) is 30.3 Å². The number of likely N-dealkylation sites (tertiary alicyclic amines) is 1. The molecule has 1 aromatic rings. The van der Waals surface area contributed by atoms with E-state index in [1.807, 2.05) is 30.3 Å². The van der Waals surface area contributed by atoms with E-state index in [2.05, 4.69) is 5.32 Å². The molecule has 0 unspecified atom stereocenters. The van der Waals surface area contributed by atoms with Crippen LogP contribution in [0.15, 0.2) is 30.3 Å². The smallest absolute Gasteiger partial charge is 0.410 e. The molecule has 1 N–H and O–H groups in total. The molecular weight excluding hydrogens is 338 g/mol. The van der Waals surface area contributed by atoms with Crippen LogP contribution < -0.4 is 5.32 Å². The fourth-order valence-corrected chi connectivity index (χ4v) is 3.73. The molecule has 140 valence electrons. The van der Waals surface area contributed by atoms with Gasteiger partial charge >= 0.3 is 6.09 Å². The van der Waals surface area contributed by atoms with E-state index < -0.39 is 12.1 Å². The van der Waals surface area contributed by atoms with E-state index in [4.69, 9.17) is 4.74 Å². The summed E-state index contributed by atoms with van der Waals surface area (Å²) < 4.78 is 5.33. The second-order valence-corrected chi connectivity index (χ2v) is 6.85. The Labute approximate surface area is 151 Å². The lowest BCUT2D eigenvalue weighted by molar-refractivity contribution is -0.530. The molecule has 0 aliphatic carbocycles. The van der Waals surface area contributed by atoms with Crippen molar-refractivity contribution < 1.29 is 19.2 Å². The first-order valence-electron chi connectivity index (χ1n) is 8.93. The molecule has 2 heterocycles. The molecule has 26 heavy (non-hydrogen) atoms. The van der Waals surface area contributed by atoms with Crippen LogP contribution >= 0.6 is 0 Å². The molecule has 0 aromatic heterocycles. The molecule has 2 aliphatic rings. The summed E-state index contributed by atoms with van der Waals surface area (Å²) in [5, 5.41) is 14.1. The Bertz CT molecular complexity index is 658. The molecule has 0 saturated carbocycles. The third kappa shape index (κ3) is 4.30. The summed E-state index contributed by atoms with van der Waals surface area (Å²) >= 11 is 0. The highest BCUT2D eigenvalue weighted by molar-refractivity contribution is 5.77. The van der Waals surface area contributed by atoms with Crippen molar-refractivity contribution in [1.29, 1.82) is 0 Å². The standard InChI is InChI=1S/C18H23N3O5/c22-16-7-6-15(21(24)25)17(19-16)14-8-10-20(11-9-14)18(23)26-12-13-4-2-1-3-5-13/h1-5,14-15,17H,6-12H2,(H,19,22)/t15-,17-/m0/s1. The molecule has 2 saturated heterocycles. The third-order valence-electron chi connectivity index (χ3n) is 5.19.